The van der Waals surface area contributed by atoms with Gasteiger partial charge in [0.2, 0.25) is 5.91 Å². The fourth-order valence-electron chi connectivity index (χ4n) is 2.69. The largest absolute Gasteiger partial charge is 0.494 e. The van der Waals surface area contributed by atoms with Crippen molar-refractivity contribution in [1.82, 2.24) is 20.3 Å². The number of benzene rings is 1. The van der Waals surface area contributed by atoms with Crippen LogP contribution < -0.4 is 10.1 Å². The third-order valence-corrected chi connectivity index (χ3v) is 4.38. The Balaban J connectivity index is 1.50. The first kappa shape index (κ1) is 16.5. The van der Waals surface area contributed by atoms with Crippen molar-refractivity contribution in [1.29, 1.82) is 0 Å². The normalized spacial score (nSPS) is 15.1. The van der Waals surface area contributed by atoms with Gasteiger partial charge in [-0.1, -0.05) is 12.1 Å². The van der Waals surface area contributed by atoms with Crippen LogP contribution in [0.5, 0.6) is 5.75 Å². The summed E-state index contributed by atoms with van der Waals surface area (Å²) < 4.78 is 7.19. The van der Waals surface area contributed by atoms with E-state index < -0.39 is 0 Å². The molecule has 1 N–H and O–H groups in total. The number of amides is 1. The molecule has 0 spiro atoms. The van der Waals surface area contributed by atoms with E-state index in [1.807, 2.05) is 44.3 Å². The Labute approximate surface area is 142 Å². The van der Waals surface area contributed by atoms with Crippen LogP contribution in [0.15, 0.2) is 30.5 Å². The molecular weight excluding hydrogens is 304 g/mol. The van der Waals surface area contributed by atoms with Crippen LogP contribution in [0.1, 0.15) is 26.7 Å². The molecule has 1 fully saturated rings. The van der Waals surface area contributed by atoms with Crippen molar-refractivity contribution in [3.63, 3.8) is 0 Å². The van der Waals surface area contributed by atoms with Gasteiger partial charge >= 0.3 is 0 Å². The van der Waals surface area contributed by atoms with Crippen molar-refractivity contribution in [2.45, 2.75) is 33.2 Å². The third-order valence-electron chi connectivity index (χ3n) is 4.38. The van der Waals surface area contributed by atoms with Gasteiger partial charge < -0.3 is 10.1 Å². The number of carbonyl (C=O) groups is 1. The van der Waals surface area contributed by atoms with Gasteiger partial charge in [-0.2, -0.15) is 0 Å². The second kappa shape index (κ2) is 7.47. The monoisotopic (exact) mass is 328 g/mol. The summed E-state index contributed by atoms with van der Waals surface area (Å²) in [7, 11) is 0. The van der Waals surface area contributed by atoms with Gasteiger partial charge in [-0.25, -0.2) is 0 Å². The van der Waals surface area contributed by atoms with Crippen LogP contribution in [0.4, 0.5) is 0 Å². The molecule has 1 aromatic carbocycles. The van der Waals surface area contributed by atoms with Gasteiger partial charge in [0.15, 0.2) is 0 Å². The lowest BCUT2D eigenvalue weighted by Crippen LogP contribution is -2.32. The highest BCUT2D eigenvalue weighted by Gasteiger charge is 2.32. The number of hydrogen-bond acceptors (Lipinski definition) is 4. The SMILES string of the molecule is CCOc1ccc(-c2cn(CCNC(=O)C(C)C3CC3)nn2)cc1. The minimum atomic E-state index is 0.125. The minimum absolute atomic E-state index is 0.125. The maximum absolute atomic E-state index is 12.0. The molecule has 2 aromatic rings. The summed E-state index contributed by atoms with van der Waals surface area (Å²) in [5.41, 5.74) is 1.81. The molecule has 0 saturated heterocycles. The van der Waals surface area contributed by atoms with Crippen LogP contribution in [0.25, 0.3) is 11.3 Å². The second-order valence-corrected chi connectivity index (χ2v) is 6.24. The van der Waals surface area contributed by atoms with E-state index in [0.29, 0.717) is 25.6 Å². The molecule has 6 nitrogen and oxygen atoms in total. The number of nitrogens with one attached hydrogen (secondary N) is 1. The summed E-state index contributed by atoms with van der Waals surface area (Å²) in [6, 6.07) is 7.80. The van der Waals surface area contributed by atoms with E-state index in [1.165, 1.54) is 12.8 Å². The van der Waals surface area contributed by atoms with E-state index in [2.05, 4.69) is 15.6 Å². The van der Waals surface area contributed by atoms with E-state index in [1.54, 1.807) is 4.68 Å². The van der Waals surface area contributed by atoms with E-state index in [9.17, 15) is 4.79 Å². The number of hydrogen-bond donors (Lipinski definition) is 1. The van der Waals surface area contributed by atoms with Crippen LogP contribution in [-0.2, 0) is 11.3 Å². The highest BCUT2D eigenvalue weighted by Crippen LogP contribution is 2.36. The maximum atomic E-state index is 12.0. The molecule has 6 heteroatoms. The fourth-order valence-corrected chi connectivity index (χ4v) is 2.69. The Morgan fingerprint density at radius 3 is 2.79 bits per heavy atom. The molecule has 1 heterocycles. The number of ether oxygens (including phenoxy) is 1. The zero-order chi connectivity index (χ0) is 16.9. The van der Waals surface area contributed by atoms with Gasteiger partial charge in [0, 0.05) is 18.0 Å². The van der Waals surface area contributed by atoms with Crippen molar-refractivity contribution in [2.24, 2.45) is 11.8 Å². The standard InChI is InChI=1S/C18H24N4O2/c1-3-24-16-8-6-15(7-9-16)17-12-22(21-20-17)11-10-19-18(23)13(2)14-4-5-14/h6-9,12-14H,3-5,10-11H2,1-2H3,(H,19,23). The topological polar surface area (TPSA) is 69.0 Å². The molecule has 128 valence electrons. The molecule has 3 rings (SSSR count). The van der Waals surface area contributed by atoms with Crippen LogP contribution in [-0.4, -0.2) is 34.1 Å². The molecule has 1 aromatic heterocycles. The van der Waals surface area contributed by atoms with Crippen molar-refractivity contribution in [3.8, 4) is 17.0 Å². The molecule has 0 aliphatic heterocycles. The van der Waals surface area contributed by atoms with Crippen LogP contribution in [0.2, 0.25) is 0 Å². The molecular formula is C18H24N4O2. The van der Waals surface area contributed by atoms with Crippen molar-refractivity contribution >= 4 is 5.91 Å². The number of rotatable bonds is 8. The molecule has 24 heavy (non-hydrogen) atoms. The molecule has 1 aliphatic rings. The highest BCUT2D eigenvalue weighted by atomic mass is 16.5. The van der Waals surface area contributed by atoms with Gasteiger partial charge in [-0.3, -0.25) is 9.48 Å². The molecule has 0 radical (unpaired) electrons. The first-order valence-electron chi connectivity index (χ1n) is 8.58. The smallest absolute Gasteiger partial charge is 0.223 e. The lowest BCUT2D eigenvalue weighted by molar-refractivity contribution is -0.125. The molecule has 1 amide bonds. The summed E-state index contributed by atoms with van der Waals surface area (Å²) in [5, 5.41) is 11.3. The van der Waals surface area contributed by atoms with Gasteiger partial charge in [0.25, 0.3) is 0 Å². The highest BCUT2D eigenvalue weighted by molar-refractivity contribution is 5.78. The van der Waals surface area contributed by atoms with Gasteiger partial charge in [-0.05, 0) is 49.9 Å². The Hall–Kier alpha value is -2.37. The summed E-state index contributed by atoms with van der Waals surface area (Å²) >= 11 is 0. The predicted molar refractivity (Wildman–Crippen MR) is 91.5 cm³/mol. The second-order valence-electron chi connectivity index (χ2n) is 6.24. The average Bonchev–Trinajstić information content (AvgIpc) is 3.34. The Morgan fingerprint density at radius 1 is 1.38 bits per heavy atom. The number of aromatic nitrogens is 3. The lowest BCUT2D eigenvalue weighted by Gasteiger charge is -2.10. The zero-order valence-corrected chi connectivity index (χ0v) is 14.2. The van der Waals surface area contributed by atoms with Gasteiger partial charge in [0.1, 0.15) is 11.4 Å². The number of nitrogens with zero attached hydrogens (tertiary/aromatic N) is 3. The first-order chi connectivity index (χ1) is 11.7. The summed E-state index contributed by atoms with van der Waals surface area (Å²) in [5.74, 6) is 1.70. The predicted octanol–water partition coefficient (Wildman–Crippen LogP) is 2.51. The van der Waals surface area contributed by atoms with Gasteiger partial charge in [-0.15, -0.1) is 5.10 Å². The van der Waals surface area contributed by atoms with Gasteiger partial charge in [0.05, 0.1) is 19.3 Å². The summed E-state index contributed by atoms with van der Waals surface area (Å²) in [6.07, 6.45) is 4.26. The minimum Gasteiger partial charge on any atom is -0.494 e. The fraction of sp³-hybridized carbons (Fsp3) is 0.500. The van der Waals surface area contributed by atoms with Crippen molar-refractivity contribution in [3.05, 3.63) is 30.5 Å². The first-order valence-corrected chi connectivity index (χ1v) is 8.58. The molecule has 0 bridgehead atoms. The average molecular weight is 328 g/mol. The summed E-state index contributed by atoms with van der Waals surface area (Å²) in [4.78, 5) is 12.0. The quantitative estimate of drug-likeness (QED) is 0.808. The Morgan fingerprint density at radius 2 is 2.12 bits per heavy atom. The Kier molecular flexibility index (Phi) is 5.13. The summed E-state index contributed by atoms with van der Waals surface area (Å²) in [6.45, 7) is 5.81. The molecule has 1 saturated carbocycles. The van der Waals surface area contributed by atoms with Crippen molar-refractivity contribution in [2.75, 3.05) is 13.2 Å². The van der Waals surface area contributed by atoms with Crippen molar-refractivity contribution < 1.29 is 9.53 Å². The Bertz CT molecular complexity index is 677. The molecule has 1 atom stereocenters. The van der Waals surface area contributed by atoms with Crippen LogP contribution in [0, 0.1) is 11.8 Å². The van der Waals surface area contributed by atoms with E-state index in [4.69, 9.17) is 4.74 Å². The number of carbonyl (C=O) groups excluding carboxylic acids is 1. The zero-order valence-electron chi connectivity index (χ0n) is 14.2. The third kappa shape index (κ3) is 4.13. The van der Waals surface area contributed by atoms with E-state index >= 15 is 0 Å². The van der Waals surface area contributed by atoms with E-state index in [0.717, 1.165) is 17.0 Å². The maximum Gasteiger partial charge on any atom is 0.223 e. The van der Waals surface area contributed by atoms with Crippen LogP contribution >= 0.6 is 0 Å². The molecule has 1 unspecified atom stereocenters. The van der Waals surface area contributed by atoms with E-state index in [-0.39, 0.29) is 11.8 Å². The van der Waals surface area contributed by atoms with Crippen LogP contribution in [0.3, 0.4) is 0 Å². The molecule has 1 aliphatic carbocycles. The lowest BCUT2D eigenvalue weighted by atomic mass is 10.1.